The number of hydrogen-bond donors (Lipinski definition) is 0. The van der Waals surface area contributed by atoms with Crippen LogP contribution in [0.5, 0.6) is 5.75 Å². The highest BCUT2D eigenvalue weighted by Gasteiger charge is 2.43. The summed E-state index contributed by atoms with van der Waals surface area (Å²) < 4.78 is 5.29. The van der Waals surface area contributed by atoms with Gasteiger partial charge in [0.1, 0.15) is 11.8 Å². The second-order valence-electron chi connectivity index (χ2n) is 6.03. The predicted octanol–water partition coefficient (Wildman–Crippen LogP) is 4.33. The maximum absolute atomic E-state index is 6.37. The van der Waals surface area contributed by atoms with Crippen molar-refractivity contribution in [2.24, 2.45) is 4.99 Å². The number of thioether (sulfide) groups is 1. The third-order valence-electron chi connectivity index (χ3n) is 4.40. The Kier molecular flexibility index (Phi) is 4.14. The molecule has 6 heteroatoms. The Labute approximate surface area is 150 Å². The molecule has 1 aromatic carbocycles. The average Bonchev–Trinajstić information content (AvgIpc) is 3.11. The first-order valence-corrected chi connectivity index (χ1v) is 9.18. The van der Waals surface area contributed by atoms with Crippen molar-refractivity contribution in [3.8, 4) is 5.75 Å². The Morgan fingerprint density at radius 3 is 2.88 bits per heavy atom. The molecule has 1 saturated heterocycles. The zero-order valence-corrected chi connectivity index (χ0v) is 15.1. The number of hydrogen-bond acceptors (Lipinski definition) is 5. The van der Waals surface area contributed by atoms with Gasteiger partial charge < -0.3 is 9.64 Å². The zero-order valence-electron chi connectivity index (χ0n) is 13.5. The van der Waals surface area contributed by atoms with Gasteiger partial charge in [0, 0.05) is 18.0 Å². The molecule has 1 fully saturated rings. The second-order valence-corrected chi connectivity index (χ2v) is 7.84. The van der Waals surface area contributed by atoms with Crippen LogP contribution in [0.4, 0.5) is 0 Å². The first-order chi connectivity index (χ1) is 11.7. The lowest BCUT2D eigenvalue weighted by Gasteiger charge is -2.27. The first kappa shape index (κ1) is 15.8. The molecule has 0 radical (unpaired) electrons. The fraction of sp³-hybridized carbons (Fsp3) is 0.333. The van der Waals surface area contributed by atoms with Crippen molar-refractivity contribution >= 4 is 28.5 Å². The van der Waals surface area contributed by atoms with Crippen LogP contribution < -0.4 is 4.74 Å². The van der Waals surface area contributed by atoms with Gasteiger partial charge in [0.15, 0.2) is 5.17 Å². The quantitative estimate of drug-likeness (QED) is 0.817. The highest BCUT2D eigenvalue weighted by Crippen LogP contribution is 2.48. The maximum atomic E-state index is 6.37. The van der Waals surface area contributed by atoms with Crippen molar-refractivity contribution in [1.82, 2.24) is 9.88 Å². The fourth-order valence-corrected chi connectivity index (χ4v) is 4.70. The monoisotopic (exact) mass is 359 g/mol. The highest BCUT2D eigenvalue weighted by atomic mass is 35.5. The Bertz CT molecular complexity index is 783. The number of aromatic nitrogens is 1. The summed E-state index contributed by atoms with van der Waals surface area (Å²) in [5.74, 6) is 0.693. The molecule has 3 atom stereocenters. The van der Waals surface area contributed by atoms with Gasteiger partial charge in [-0.15, -0.1) is 0 Å². The molecule has 0 N–H and O–H groups in total. The van der Waals surface area contributed by atoms with E-state index in [2.05, 4.69) is 22.9 Å². The van der Waals surface area contributed by atoms with E-state index in [1.807, 2.05) is 48.3 Å². The van der Waals surface area contributed by atoms with E-state index >= 15 is 0 Å². The van der Waals surface area contributed by atoms with E-state index in [0.717, 1.165) is 23.0 Å². The molecule has 0 unspecified atom stereocenters. The number of ether oxygens (including phenoxy) is 1. The summed E-state index contributed by atoms with van der Waals surface area (Å²) >= 11 is 8.21. The molecular weight excluding hydrogens is 342 g/mol. The number of methoxy groups -OCH3 is 1. The van der Waals surface area contributed by atoms with E-state index < -0.39 is 0 Å². The van der Waals surface area contributed by atoms with Crippen molar-refractivity contribution in [3.05, 3.63) is 58.9 Å². The molecule has 3 heterocycles. The Balaban J connectivity index is 1.77. The Morgan fingerprint density at radius 2 is 2.17 bits per heavy atom. The van der Waals surface area contributed by atoms with Crippen LogP contribution >= 0.6 is 23.4 Å². The number of aliphatic imine (C=N–C) groups is 1. The van der Waals surface area contributed by atoms with E-state index in [-0.39, 0.29) is 12.1 Å². The van der Waals surface area contributed by atoms with Gasteiger partial charge in [0.25, 0.3) is 0 Å². The lowest BCUT2D eigenvalue weighted by Crippen LogP contribution is -2.28. The van der Waals surface area contributed by atoms with Crippen LogP contribution in [0, 0.1) is 0 Å². The highest BCUT2D eigenvalue weighted by molar-refractivity contribution is 8.14. The van der Waals surface area contributed by atoms with Crippen molar-refractivity contribution in [1.29, 1.82) is 0 Å². The predicted molar refractivity (Wildman–Crippen MR) is 98.9 cm³/mol. The molecule has 24 heavy (non-hydrogen) atoms. The minimum Gasteiger partial charge on any atom is -0.495 e. The minimum atomic E-state index is -0.00865. The lowest BCUT2D eigenvalue weighted by molar-refractivity contribution is 0.321. The van der Waals surface area contributed by atoms with Crippen LogP contribution in [0.25, 0.3) is 0 Å². The summed E-state index contributed by atoms with van der Waals surface area (Å²) in [7, 11) is 1.63. The molecule has 124 valence electrons. The van der Waals surface area contributed by atoms with E-state index in [0.29, 0.717) is 16.0 Å². The van der Waals surface area contributed by atoms with Gasteiger partial charge in [-0.3, -0.25) is 9.98 Å². The van der Waals surface area contributed by atoms with Gasteiger partial charge in [-0.05, 0) is 29.8 Å². The van der Waals surface area contributed by atoms with Crippen LogP contribution in [0.3, 0.4) is 0 Å². The van der Waals surface area contributed by atoms with Crippen LogP contribution in [0.15, 0.2) is 47.6 Å². The molecular formula is C18H18ClN3OS. The molecule has 0 spiro atoms. The van der Waals surface area contributed by atoms with E-state index in [1.54, 1.807) is 7.11 Å². The summed E-state index contributed by atoms with van der Waals surface area (Å²) in [5.41, 5.74) is 2.13. The lowest BCUT2D eigenvalue weighted by atomic mass is 9.96. The molecule has 0 aliphatic carbocycles. The van der Waals surface area contributed by atoms with Gasteiger partial charge in [-0.1, -0.05) is 42.4 Å². The van der Waals surface area contributed by atoms with Gasteiger partial charge >= 0.3 is 0 Å². The van der Waals surface area contributed by atoms with Crippen LogP contribution in [-0.4, -0.2) is 34.0 Å². The minimum absolute atomic E-state index is 0.00865. The van der Waals surface area contributed by atoms with Gasteiger partial charge in [-0.2, -0.15) is 0 Å². The summed E-state index contributed by atoms with van der Waals surface area (Å²) in [4.78, 5) is 11.9. The van der Waals surface area contributed by atoms with Crippen LogP contribution in [0.1, 0.15) is 30.3 Å². The summed E-state index contributed by atoms with van der Waals surface area (Å²) in [6.07, 6.45) is 1.83. The van der Waals surface area contributed by atoms with Gasteiger partial charge in [-0.25, -0.2) is 0 Å². The number of pyridine rings is 1. The Hall–Kier alpha value is -1.72. The largest absolute Gasteiger partial charge is 0.495 e. The number of nitrogens with zero attached hydrogens (tertiary/aromatic N) is 3. The summed E-state index contributed by atoms with van der Waals surface area (Å²) in [6, 6.07) is 12.1. The Morgan fingerprint density at radius 1 is 1.29 bits per heavy atom. The SMILES string of the molecule is COc1ccc([C@H]2[C@H](c3ccccn3)N=C3S[C@@H](C)CN32)cc1Cl. The zero-order chi connectivity index (χ0) is 16.7. The maximum Gasteiger partial charge on any atom is 0.160 e. The third kappa shape index (κ3) is 2.66. The van der Waals surface area contributed by atoms with Crippen molar-refractivity contribution < 1.29 is 4.74 Å². The number of amidine groups is 1. The number of fused-ring (bicyclic) bond motifs is 1. The fourth-order valence-electron chi connectivity index (χ4n) is 3.34. The summed E-state index contributed by atoms with van der Waals surface area (Å²) in [6.45, 7) is 3.22. The number of rotatable bonds is 3. The second kappa shape index (κ2) is 6.30. The molecule has 0 bridgehead atoms. The number of halogens is 1. The van der Waals surface area contributed by atoms with Crippen molar-refractivity contribution in [2.75, 3.05) is 13.7 Å². The van der Waals surface area contributed by atoms with Crippen molar-refractivity contribution in [2.45, 2.75) is 24.3 Å². The van der Waals surface area contributed by atoms with Crippen LogP contribution in [-0.2, 0) is 0 Å². The number of benzene rings is 1. The molecule has 4 nitrogen and oxygen atoms in total. The van der Waals surface area contributed by atoms with E-state index in [1.165, 1.54) is 0 Å². The molecule has 2 aliphatic heterocycles. The molecule has 2 aromatic rings. The molecule has 4 rings (SSSR count). The average molecular weight is 360 g/mol. The van der Waals surface area contributed by atoms with Crippen LogP contribution in [0.2, 0.25) is 5.02 Å². The molecule has 2 aliphatic rings. The first-order valence-electron chi connectivity index (χ1n) is 7.93. The van der Waals surface area contributed by atoms with E-state index in [4.69, 9.17) is 21.3 Å². The standard InChI is InChI=1S/C18H18ClN3OS/c1-11-10-22-17(12-6-7-15(23-2)13(19)9-12)16(21-18(22)24-11)14-5-3-4-8-20-14/h3-9,11,16-17H,10H2,1-2H3/t11-,16-,17-/m0/s1. The molecule has 0 saturated carbocycles. The van der Waals surface area contributed by atoms with Gasteiger partial charge in [0.05, 0.1) is 23.9 Å². The summed E-state index contributed by atoms with van der Waals surface area (Å²) in [5, 5.41) is 2.28. The van der Waals surface area contributed by atoms with Gasteiger partial charge in [0.2, 0.25) is 0 Å². The third-order valence-corrected chi connectivity index (χ3v) is 5.80. The van der Waals surface area contributed by atoms with Crippen molar-refractivity contribution in [3.63, 3.8) is 0 Å². The molecule has 0 amide bonds. The normalized spacial score (nSPS) is 25.5. The topological polar surface area (TPSA) is 37.7 Å². The smallest absolute Gasteiger partial charge is 0.160 e. The molecule has 1 aromatic heterocycles. The van der Waals surface area contributed by atoms with E-state index in [9.17, 15) is 0 Å².